The first-order chi connectivity index (χ1) is 8.70. The van der Waals surface area contributed by atoms with E-state index in [4.69, 9.17) is 0 Å². The number of benzene rings is 1. The number of hydrogen-bond acceptors (Lipinski definition) is 1. The van der Waals surface area contributed by atoms with Crippen molar-refractivity contribution in [2.75, 3.05) is 0 Å². The van der Waals surface area contributed by atoms with E-state index < -0.39 is 6.10 Å². The van der Waals surface area contributed by atoms with Crippen LogP contribution in [-0.4, -0.2) is 5.11 Å². The normalized spacial score (nSPS) is 21.6. The van der Waals surface area contributed by atoms with Gasteiger partial charge in [-0.05, 0) is 53.3 Å². The van der Waals surface area contributed by atoms with Crippen LogP contribution < -0.4 is 0 Å². The Hall–Kier alpha value is -0.670. The average molecular weight is 313 g/mol. The van der Waals surface area contributed by atoms with Crippen molar-refractivity contribution < 1.29 is 9.50 Å². The van der Waals surface area contributed by atoms with Gasteiger partial charge in [-0.15, -0.1) is 0 Å². The minimum absolute atomic E-state index is 0.321. The molecule has 1 atom stereocenters. The predicted molar refractivity (Wildman–Crippen MR) is 74.8 cm³/mol. The molecule has 0 saturated carbocycles. The second kappa shape index (κ2) is 6.48. The molecule has 1 N–H and O–H groups in total. The van der Waals surface area contributed by atoms with Crippen molar-refractivity contribution in [2.24, 2.45) is 0 Å². The third-order valence-electron chi connectivity index (χ3n) is 3.45. The Morgan fingerprint density at radius 1 is 1.17 bits per heavy atom. The van der Waals surface area contributed by atoms with Crippen LogP contribution in [0.2, 0.25) is 0 Å². The van der Waals surface area contributed by atoms with Gasteiger partial charge < -0.3 is 5.11 Å². The first-order valence-electron chi connectivity index (χ1n) is 6.51. The quantitative estimate of drug-likeness (QED) is 0.770. The first-order valence-corrected chi connectivity index (χ1v) is 7.30. The van der Waals surface area contributed by atoms with E-state index >= 15 is 0 Å². The van der Waals surface area contributed by atoms with Gasteiger partial charge in [-0.1, -0.05) is 31.1 Å². The molecule has 0 saturated heterocycles. The molecule has 0 fully saturated rings. The molecule has 0 bridgehead atoms. The van der Waals surface area contributed by atoms with Crippen LogP contribution in [0.4, 0.5) is 4.39 Å². The molecule has 0 aliphatic heterocycles. The molecule has 0 aromatic heterocycles. The van der Waals surface area contributed by atoms with E-state index in [9.17, 15) is 9.50 Å². The summed E-state index contributed by atoms with van der Waals surface area (Å²) in [6.07, 6.45) is 8.13. The molecule has 1 aromatic rings. The van der Waals surface area contributed by atoms with E-state index in [0.717, 1.165) is 24.8 Å². The number of aliphatic hydroxyl groups excluding tert-OH is 1. The topological polar surface area (TPSA) is 20.2 Å². The maximum atomic E-state index is 13.5. The second-order valence-corrected chi connectivity index (χ2v) is 5.57. The van der Waals surface area contributed by atoms with E-state index in [0.29, 0.717) is 10.0 Å². The van der Waals surface area contributed by atoms with Gasteiger partial charge >= 0.3 is 0 Å². The Kier molecular flexibility index (Phi) is 4.95. The molecule has 0 spiro atoms. The summed E-state index contributed by atoms with van der Waals surface area (Å²) in [5.41, 5.74) is 1.66. The Balaban J connectivity index is 2.23. The smallest absolute Gasteiger partial charge is 0.137 e. The fourth-order valence-electron chi connectivity index (χ4n) is 2.40. The van der Waals surface area contributed by atoms with Gasteiger partial charge in [0.1, 0.15) is 11.9 Å². The van der Waals surface area contributed by atoms with Crippen LogP contribution in [0.3, 0.4) is 0 Å². The third kappa shape index (κ3) is 3.21. The lowest BCUT2D eigenvalue weighted by Gasteiger charge is -2.19. The largest absolute Gasteiger partial charge is 0.384 e. The van der Waals surface area contributed by atoms with Crippen LogP contribution >= 0.6 is 15.9 Å². The summed E-state index contributed by atoms with van der Waals surface area (Å²) in [7, 11) is 0. The van der Waals surface area contributed by atoms with Crippen LogP contribution in [-0.2, 0) is 0 Å². The van der Waals surface area contributed by atoms with Crippen molar-refractivity contribution >= 4 is 15.9 Å². The number of hydrogen-bond donors (Lipinski definition) is 1. The molecule has 0 radical (unpaired) electrons. The summed E-state index contributed by atoms with van der Waals surface area (Å²) in [5.74, 6) is -0.321. The second-order valence-electron chi connectivity index (χ2n) is 4.78. The molecule has 1 unspecified atom stereocenters. The summed E-state index contributed by atoms with van der Waals surface area (Å²) in [5, 5.41) is 10.4. The number of allylic oxidation sites excluding steroid dienone is 1. The highest BCUT2D eigenvalue weighted by molar-refractivity contribution is 9.10. The van der Waals surface area contributed by atoms with Gasteiger partial charge in [0, 0.05) is 5.56 Å². The molecule has 1 aliphatic carbocycles. The van der Waals surface area contributed by atoms with E-state index in [1.54, 1.807) is 12.1 Å². The zero-order valence-electron chi connectivity index (χ0n) is 10.3. The van der Waals surface area contributed by atoms with Gasteiger partial charge in [0.15, 0.2) is 0 Å². The van der Waals surface area contributed by atoms with Crippen molar-refractivity contribution in [1.82, 2.24) is 0 Å². The van der Waals surface area contributed by atoms with Crippen LogP contribution in [0.5, 0.6) is 0 Å². The van der Waals surface area contributed by atoms with E-state index in [1.165, 1.54) is 25.3 Å². The first kappa shape index (κ1) is 13.8. The monoisotopic (exact) mass is 312 g/mol. The predicted octanol–water partition coefficient (Wildman–Crippen LogP) is 4.90. The Morgan fingerprint density at radius 2 is 1.94 bits per heavy atom. The van der Waals surface area contributed by atoms with Crippen molar-refractivity contribution in [3.63, 3.8) is 0 Å². The van der Waals surface area contributed by atoms with Crippen molar-refractivity contribution in [3.05, 3.63) is 45.7 Å². The molecule has 98 valence electrons. The van der Waals surface area contributed by atoms with Crippen LogP contribution in [0.1, 0.15) is 50.2 Å². The van der Waals surface area contributed by atoms with Gasteiger partial charge in [0.25, 0.3) is 0 Å². The Bertz CT molecular complexity index is 442. The number of halogens is 2. The lowest BCUT2D eigenvalue weighted by atomic mass is 9.93. The van der Waals surface area contributed by atoms with Gasteiger partial charge in [0.2, 0.25) is 0 Å². The molecule has 1 aromatic carbocycles. The molecule has 0 heterocycles. The number of aliphatic hydroxyl groups is 1. The van der Waals surface area contributed by atoms with E-state index in [1.807, 2.05) is 0 Å². The number of rotatable bonds is 2. The molecule has 18 heavy (non-hydrogen) atoms. The third-order valence-corrected chi connectivity index (χ3v) is 4.29. The van der Waals surface area contributed by atoms with Gasteiger partial charge in [-0.3, -0.25) is 0 Å². The van der Waals surface area contributed by atoms with E-state index in [2.05, 4.69) is 22.0 Å². The Labute approximate surface area is 116 Å². The minimum Gasteiger partial charge on any atom is -0.384 e. The zero-order valence-corrected chi connectivity index (χ0v) is 11.9. The Morgan fingerprint density at radius 3 is 2.78 bits per heavy atom. The summed E-state index contributed by atoms with van der Waals surface area (Å²) >= 11 is 3.22. The molecular formula is C15H18BrFO. The lowest BCUT2D eigenvalue weighted by Crippen LogP contribution is -2.05. The SMILES string of the molecule is OC(/C1=C/CCCCCC1)c1cccc(F)c1Br. The molecule has 1 aliphatic rings. The molecule has 3 heteroatoms. The highest BCUT2D eigenvalue weighted by Gasteiger charge is 2.18. The van der Waals surface area contributed by atoms with E-state index in [-0.39, 0.29) is 5.82 Å². The summed E-state index contributed by atoms with van der Waals surface area (Å²) in [6, 6.07) is 4.81. The summed E-state index contributed by atoms with van der Waals surface area (Å²) in [4.78, 5) is 0. The molecule has 0 amide bonds. The maximum absolute atomic E-state index is 13.5. The molecule has 1 nitrogen and oxygen atoms in total. The van der Waals surface area contributed by atoms with Gasteiger partial charge in [-0.2, -0.15) is 0 Å². The summed E-state index contributed by atoms with van der Waals surface area (Å²) < 4.78 is 13.8. The fourth-order valence-corrected chi connectivity index (χ4v) is 2.88. The van der Waals surface area contributed by atoms with Crippen molar-refractivity contribution in [3.8, 4) is 0 Å². The lowest BCUT2D eigenvalue weighted by molar-refractivity contribution is 0.208. The zero-order chi connectivity index (χ0) is 13.0. The van der Waals surface area contributed by atoms with Crippen molar-refractivity contribution in [2.45, 2.75) is 44.6 Å². The maximum Gasteiger partial charge on any atom is 0.137 e. The highest BCUT2D eigenvalue weighted by Crippen LogP contribution is 2.33. The standard InChI is InChI=1S/C15H18BrFO/c16-14-12(9-6-10-13(14)17)15(18)11-7-4-2-1-3-5-8-11/h6-7,9-10,15,18H,1-5,8H2/b11-7+. The van der Waals surface area contributed by atoms with Crippen LogP contribution in [0.15, 0.2) is 34.3 Å². The van der Waals surface area contributed by atoms with Gasteiger partial charge in [0.05, 0.1) is 4.47 Å². The van der Waals surface area contributed by atoms with Crippen molar-refractivity contribution in [1.29, 1.82) is 0 Å². The highest BCUT2D eigenvalue weighted by atomic mass is 79.9. The van der Waals surface area contributed by atoms with Gasteiger partial charge in [-0.25, -0.2) is 4.39 Å². The summed E-state index contributed by atoms with van der Waals surface area (Å²) in [6.45, 7) is 0. The van der Waals surface area contributed by atoms with Crippen LogP contribution in [0, 0.1) is 5.82 Å². The van der Waals surface area contributed by atoms with Crippen LogP contribution in [0.25, 0.3) is 0 Å². The molecular weight excluding hydrogens is 295 g/mol. The fraction of sp³-hybridized carbons (Fsp3) is 0.467. The molecule has 2 rings (SSSR count). The average Bonchev–Trinajstić information content (AvgIpc) is 2.31. The minimum atomic E-state index is -0.687.